The number of halogens is 1. The molecular weight excluding hydrogens is 502 g/mol. The summed E-state index contributed by atoms with van der Waals surface area (Å²) in [5.41, 5.74) is 8.69. The maximum absolute atomic E-state index is 11.6. The predicted molar refractivity (Wildman–Crippen MR) is 148 cm³/mol. The zero-order chi connectivity index (χ0) is 26.6. The highest BCUT2D eigenvalue weighted by molar-refractivity contribution is 6.30. The Morgan fingerprint density at radius 1 is 1.05 bits per heavy atom. The standard InChI is InChI=1S/C30H30ClN3O4/c31-25-9-10-26-24(19-25)8-7-23-3-1-13-32-30(23)29(26)22-11-15-33(16-12-22)14-2-4-21-6-5-20(18-28(35)36)17-27(21)34(37)38/h1,3,5-6,9-10,13,17,19H,2,4,7-8,11-12,14-16,18H2,(H,35,36). The van der Waals surface area contributed by atoms with Crippen LogP contribution >= 0.6 is 11.6 Å². The first kappa shape index (κ1) is 26.1. The van der Waals surface area contributed by atoms with Gasteiger partial charge in [-0.3, -0.25) is 19.9 Å². The number of aromatic nitrogens is 1. The average molecular weight is 532 g/mol. The van der Waals surface area contributed by atoms with Gasteiger partial charge in [0.15, 0.2) is 0 Å². The van der Waals surface area contributed by atoms with Crippen LogP contribution in [0.1, 0.15) is 52.8 Å². The number of nitrogens with zero attached hydrogens (tertiary/aromatic N) is 3. The SMILES string of the molecule is O=C(O)Cc1ccc(CCCN2CCC(=C3c4ccc(Cl)cc4CCc4cccnc43)CC2)c([N+](=O)[O-])c1. The minimum atomic E-state index is -0.998. The molecular formula is C30H30ClN3O4. The number of rotatable bonds is 7. The monoisotopic (exact) mass is 531 g/mol. The highest BCUT2D eigenvalue weighted by atomic mass is 35.5. The summed E-state index contributed by atoms with van der Waals surface area (Å²) >= 11 is 6.34. The fourth-order valence-electron chi connectivity index (χ4n) is 5.70. The maximum Gasteiger partial charge on any atom is 0.307 e. The van der Waals surface area contributed by atoms with Crippen molar-refractivity contribution in [1.82, 2.24) is 9.88 Å². The Labute approximate surface area is 226 Å². The molecule has 2 heterocycles. The van der Waals surface area contributed by atoms with Gasteiger partial charge in [0.05, 0.1) is 17.0 Å². The Balaban J connectivity index is 1.28. The number of carboxylic acids is 1. The third-order valence-electron chi connectivity index (χ3n) is 7.56. The number of nitro groups is 1. The second kappa shape index (κ2) is 11.5. The van der Waals surface area contributed by atoms with Gasteiger partial charge in [-0.05, 0) is 85.5 Å². The van der Waals surface area contributed by atoms with Crippen molar-refractivity contribution in [3.63, 3.8) is 0 Å². The van der Waals surface area contributed by atoms with Crippen LogP contribution in [0.4, 0.5) is 5.69 Å². The predicted octanol–water partition coefficient (Wildman–Crippen LogP) is 5.90. The first-order valence-electron chi connectivity index (χ1n) is 13.0. The number of pyridine rings is 1. The van der Waals surface area contributed by atoms with Crippen LogP contribution in [0.2, 0.25) is 5.02 Å². The topological polar surface area (TPSA) is 96.6 Å². The van der Waals surface area contributed by atoms with E-state index < -0.39 is 10.9 Å². The lowest BCUT2D eigenvalue weighted by molar-refractivity contribution is -0.385. The molecule has 196 valence electrons. The van der Waals surface area contributed by atoms with Gasteiger partial charge in [-0.25, -0.2) is 0 Å². The van der Waals surface area contributed by atoms with E-state index in [-0.39, 0.29) is 12.1 Å². The molecule has 3 aromatic rings. The number of benzene rings is 2. The number of fused-ring (bicyclic) bond motifs is 2. The van der Waals surface area contributed by atoms with E-state index in [1.807, 2.05) is 18.3 Å². The van der Waals surface area contributed by atoms with Gasteiger partial charge < -0.3 is 10.0 Å². The molecule has 0 atom stereocenters. The summed E-state index contributed by atoms with van der Waals surface area (Å²) in [6, 6.07) is 15.2. The van der Waals surface area contributed by atoms with Crippen molar-refractivity contribution in [2.24, 2.45) is 0 Å². The number of aryl methyl sites for hydroxylation is 3. The summed E-state index contributed by atoms with van der Waals surface area (Å²) in [4.78, 5) is 29.4. The molecule has 2 aliphatic rings. The Hall–Kier alpha value is -3.55. The molecule has 7 nitrogen and oxygen atoms in total. The van der Waals surface area contributed by atoms with Gasteiger partial charge in [0.1, 0.15) is 0 Å². The molecule has 1 aromatic heterocycles. The molecule has 0 unspecified atom stereocenters. The van der Waals surface area contributed by atoms with Gasteiger partial charge in [0.2, 0.25) is 0 Å². The summed E-state index contributed by atoms with van der Waals surface area (Å²) < 4.78 is 0. The Kier molecular flexibility index (Phi) is 7.86. The molecule has 1 aliphatic carbocycles. The van der Waals surface area contributed by atoms with Crippen molar-refractivity contribution in [2.75, 3.05) is 19.6 Å². The number of carboxylic acid groups (broad SMARTS) is 1. The van der Waals surface area contributed by atoms with E-state index in [1.54, 1.807) is 12.1 Å². The fourth-order valence-corrected chi connectivity index (χ4v) is 5.89. The summed E-state index contributed by atoms with van der Waals surface area (Å²) in [7, 11) is 0. The number of carbonyl (C=O) groups is 1. The van der Waals surface area contributed by atoms with E-state index in [4.69, 9.17) is 21.7 Å². The van der Waals surface area contributed by atoms with Crippen LogP contribution in [-0.4, -0.2) is 45.5 Å². The lowest BCUT2D eigenvalue weighted by Crippen LogP contribution is -2.32. The minimum Gasteiger partial charge on any atom is -0.481 e. The molecule has 38 heavy (non-hydrogen) atoms. The Bertz CT molecular complexity index is 1410. The second-order valence-electron chi connectivity index (χ2n) is 10.0. The Morgan fingerprint density at radius 3 is 2.61 bits per heavy atom. The number of hydrogen-bond acceptors (Lipinski definition) is 5. The molecule has 1 N–H and O–H groups in total. The minimum absolute atomic E-state index is 0.00714. The van der Waals surface area contributed by atoms with Crippen LogP contribution < -0.4 is 0 Å². The van der Waals surface area contributed by atoms with Crippen LogP contribution in [0.3, 0.4) is 0 Å². The lowest BCUT2D eigenvalue weighted by Gasteiger charge is -2.30. The van der Waals surface area contributed by atoms with Crippen molar-refractivity contribution in [1.29, 1.82) is 0 Å². The van der Waals surface area contributed by atoms with E-state index in [9.17, 15) is 14.9 Å². The van der Waals surface area contributed by atoms with Crippen LogP contribution in [0.15, 0.2) is 60.3 Å². The van der Waals surface area contributed by atoms with Crippen LogP contribution in [0, 0.1) is 10.1 Å². The normalized spacial score (nSPS) is 15.5. The molecule has 0 spiro atoms. The molecule has 5 rings (SSSR count). The summed E-state index contributed by atoms with van der Waals surface area (Å²) in [5, 5.41) is 21.3. The molecule has 1 fully saturated rings. The number of nitro benzene ring substituents is 1. The van der Waals surface area contributed by atoms with Crippen molar-refractivity contribution < 1.29 is 14.8 Å². The molecule has 0 bridgehead atoms. The third kappa shape index (κ3) is 5.79. The highest BCUT2D eigenvalue weighted by Gasteiger charge is 2.25. The Morgan fingerprint density at radius 2 is 1.84 bits per heavy atom. The molecule has 0 saturated carbocycles. The quantitative estimate of drug-likeness (QED) is 0.301. The van der Waals surface area contributed by atoms with E-state index in [1.165, 1.54) is 33.9 Å². The van der Waals surface area contributed by atoms with Gasteiger partial charge in [0, 0.05) is 41.5 Å². The summed E-state index contributed by atoms with van der Waals surface area (Å²) in [5.74, 6) is -0.998. The third-order valence-corrected chi connectivity index (χ3v) is 7.80. The van der Waals surface area contributed by atoms with Crippen molar-refractivity contribution in [2.45, 2.75) is 44.9 Å². The number of piperidine rings is 1. The van der Waals surface area contributed by atoms with Crippen LogP contribution in [-0.2, 0) is 30.5 Å². The summed E-state index contributed by atoms with van der Waals surface area (Å²) in [6.07, 6.45) is 6.85. The molecule has 1 saturated heterocycles. The average Bonchev–Trinajstić information content (AvgIpc) is 3.06. The molecule has 0 radical (unpaired) electrons. The zero-order valence-corrected chi connectivity index (χ0v) is 21.9. The molecule has 0 amide bonds. The lowest BCUT2D eigenvalue weighted by atomic mass is 9.88. The zero-order valence-electron chi connectivity index (χ0n) is 21.2. The first-order valence-corrected chi connectivity index (χ1v) is 13.4. The summed E-state index contributed by atoms with van der Waals surface area (Å²) in [6.45, 7) is 2.73. The smallest absolute Gasteiger partial charge is 0.307 e. The van der Waals surface area contributed by atoms with Gasteiger partial charge in [-0.1, -0.05) is 41.4 Å². The number of likely N-dealkylation sites (tertiary alicyclic amines) is 1. The van der Waals surface area contributed by atoms with E-state index >= 15 is 0 Å². The second-order valence-corrected chi connectivity index (χ2v) is 10.5. The largest absolute Gasteiger partial charge is 0.481 e. The van der Waals surface area contributed by atoms with Gasteiger partial charge in [-0.2, -0.15) is 0 Å². The highest BCUT2D eigenvalue weighted by Crippen LogP contribution is 2.38. The maximum atomic E-state index is 11.6. The molecule has 2 aromatic carbocycles. The van der Waals surface area contributed by atoms with E-state index in [0.29, 0.717) is 17.5 Å². The van der Waals surface area contributed by atoms with Gasteiger partial charge >= 0.3 is 5.97 Å². The number of hydrogen-bond donors (Lipinski definition) is 1. The fraction of sp³-hybridized carbons (Fsp3) is 0.333. The van der Waals surface area contributed by atoms with E-state index in [2.05, 4.69) is 23.1 Å². The molecule has 1 aliphatic heterocycles. The van der Waals surface area contributed by atoms with Crippen LogP contribution in [0.5, 0.6) is 0 Å². The van der Waals surface area contributed by atoms with Gasteiger partial charge in [-0.15, -0.1) is 0 Å². The first-order chi connectivity index (χ1) is 18.4. The molecule has 8 heteroatoms. The van der Waals surface area contributed by atoms with Crippen molar-refractivity contribution in [3.05, 3.63) is 109 Å². The van der Waals surface area contributed by atoms with Crippen LogP contribution in [0.25, 0.3) is 5.57 Å². The van der Waals surface area contributed by atoms with Crippen molar-refractivity contribution in [3.8, 4) is 0 Å². The van der Waals surface area contributed by atoms with Gasteiger partial charge in [0.25, 0.3) is 5.69 Å². The number of aliphatic carboxylic acids is 1. The van der Waals surface area contributed by atoms with Crippen molar-refractivity contribution >= 4 is 28.8 Å². The van der Waals surface area contributed by atoms with E-state index in [0.717, 1.165) is 62.5 Å².